The first-order chi connectivity index (χ1) is 10.3. The maximum Gasteiger partial charge on any atom is 0.263 e. The normalized spacial score (nSPS) is 11.4. The fourth-order valence-electron chi connectivity index (χ4n) is 1.93. The summed E-state index contributed by atoms with van der Waals surface area (Å²) in [6.45, 7) is 6.29. The highest BCUT2D eigenvalue weighted by molar-refractivity contribution is 7.99. The Morgan fingerprint density at radius 3 is 2.64 bits per heavy atom. The number of carbonyl (C=O) groups excluding carboxylic acids is 1. The van der Waals surface area contributed by atoms with E-state index in [4.69, 9.17) is 11.6 Å². The molecule has 0 N–H and O–H groups in total. The highest BCUT2D eigenvalue weighted by Crippen LogP contribution is 2.35. The molecule has 0 saturated heterocycles. The zero-order valence-electron chi connectivity index (χ0n) is 13.4. The van der Waals surface area contributed by atoms with E-state index in [0.29, 0.717) is 21.1 Å². The molecule has 1 amide bonds. The molecule has 2 heterocycles. The highest BCUT2D eigenvalue weighted by Gasteiger charge is 2.21. The quantitative estimate of drug-likeness (QED) is 0.449. The van der Waals surface area contributed by atoms with Gasteiger partial charge in [0, 0.05) is 19.8 Å². The Balaban J connectivity index is 2.36. The fourth-order valence-corrected chi connectivity index (χ4v) is 4.69. The lowest BCUT2D eigenvalue weighted by Gasteiger charge is -2.08. The van der Waals surface area contributed by atoms with Gasteiger partial charge in [0.1, 0.15) is 9.98 Å². The van der Waals surface area contributed by atoms with Crippen molar-refractivity contribution in [1.29, 1.82) is 0 Å². The number of aryl methyl sites for hydroxylation is 1. The van der Waals surface area contributed by atoms with Crippen molar-refractivity contribution in [2.24, 2.45) is 5.92 Å². The number of carbonyl (C=O) groups is 1. The van der Waals surface area contributed by atoms with Gasteiger partial charge >= 0.3 is 0 Å². The van der Waals surface area contributed by atoms with E-state index in [2.05, 4.69) is 23.8 Å². The highest BCUT2D eigenvalue weighted by atomic mass is 35.5. The number of hydrogen-bond donors (Lipinski definition) is 0. The van der Waals surface area contributed by atoms with E-state index in [1.165, 1.54) is 11.3 Å². The van der Waals surface area contributed by atoms with E-state index in [1.54, 1.807) is 30.8 Å². The van der Waals surface area contributed by atoms with Crippen LogP contribution >= 0.6 is 34.7 Å². The number of amides is 1. The molecular weight excluding hydrogens is 338 g/mol. The number of rotatable bonds is 5. The summed E-state index contributed by atoms with van der Waals surface area (Å²) in [7, 11) is 3.49. The van der Waals surface area contributed by atoms with Gasteiger partial charge in [-0.1, -0.05) is 37.2 Å². The molecule has 0 spiro atoms. The van der Waals surface area contributed by atoms with Gasteiger partial charge in [-0.05, 0) is 24.8 Å². The second kappa shape index (κ2) is 7.15. The van der Waals surface area contributed by atoms with Crippen LogP contribution in [0.5, 0.6) is 0 Å². The minimum absolute atomic E-state index is 0.0226. The lowest BCUT2D eigenvalue weighted by Crippen LogP contribution is -2.21. The molecule has 0 unspecified atom stereocenters. The van der Waals surface area contributed by atoms with Crippen LogP contribution in [0.25, 0.3) is 10.2 Å². The standard InChI is InChI=1S/C15H20ClN3OS2/c1-8(2)6-7-21-15-17-12(16)10-9(3)11(14(20)19(4)5)22-13(10)18-15/h8H,6-7H2,1-5H3. The third kappa shape index (κ3) is 3.73. The van der Waals surface area contributed by atoms with Crippen molar-refractivity contribution in [3.05, 3.63) is 15.6 Å². The van der Waals surface area contributed by atoms with Crippen molar-refractivity contribution in [2.75, 3.05) is 19.8 Å². The number of nitrogens with zero attached hydrogens (tertiary/aromatic N) is 3. The van der Waals surface area contributed by atoms with Gasteiger partial charge in [-0.2, -0.15) is 0 Å². The summed E-state index contributed by atoms with van der Waals surface area (Å²) in [5.74, 6) is 1.60. The van der Waals surface area contributed by atoms with E-state index in [9.17, 15) is 4.79 Å². The molecule has 0 aliphatic rings. The van der Waals surface area contributed by atoms with Crippen LogP contribution in [0.4, 0.5) is 0 Å². The van der Waals surface area contributed by atoms with Crippen LogP contribution in [0, 0.1) is 12.8 Å². The molecule has 0 aromatic carbocycles. The minimum Gasteiger partial charge on any atom is -0.344 e. The Bertz CT molecular complexity index is 698. The third-order valence-corrected chi connectivity index (χ3v) is 5.58. The molecule has 0 radical (unpaired) electrons. The molecule has 0 aliphatic carbocycles. The Labute approximate surface area is 144 Å². The van der Waals surface area contributed by atoms with Gasteiger partial charge in [0.05, 0.1) is 10.3 Å². The number of hydrogen-bond acceptors (Lipinski definition) is 5. The SMILES string of the molecule is Cc1c(C(=O)N(C)C)sc2nc(SCCC(C)C)nc(Cl)c12. The molecule has 0 aliphatic heterocycles. The topological polar surface area (TPSA) is 46.1 Å². The second-order valence-electron chi connectivity index (χ2n) is 5.76. The molecule has 0 saturated carbocycles. The largest absolute Gasteiger partial charge is 0.344 e. The number of fused-ring (bicyclic) bond motifs is 1. The van der Waals surface area contributed by atoms with Crippen molar-refractivity contribution >= 4 is 50.8 Å². The monoisotopic (exact) mass is 357 g/mol. The maximum absolute atomic E-state index is 12.2. The molecular formula is C15H20ClN3OS2. The summed E-state index contributed by atoms with van der Waals surface area (Å²) >= 11 is 9.32. The summed E-state index contributed by atoms with van der Waals surface area (Å²) in [4.78, 5) is 24.2. The first-order valence-electron chi connectivity index (χ1n) is 7.12. The zero-order chi connectivity index (χ0) is 16.4. The molecule has 120 valence electrons. The maximum atomic E-state index is 12.2. The van der Waals surface area contributed by atoms with Crippen molar-refractivity contribution in [3.63, 3.8) is 0 Å². The predicted molar refractivity (Wildman–Crippen MR) is 95.4 cm³/mol. The van der Waals surface area contributed by atoms with Crippen LogP contribution in [0.15, 0.2) is 5.16 Å². The Morgan fingerprint density at radius 1 is 1.36 bits per heavy atom. The second-order valence-corrected chi connectivity index (χ2v) is 8.18. The van der Waals surface area contributed by atoms with Crippen LogP contribution in [0.1, 0.15) is 35.5 Å². The average Bonchev–Trinajstić information content (AvgIpc) is 2.75. The number of aromatic nitrogens is 2. The third-order valence-electron chi connectivity index (χ3n) is 3.25. The Hall–Kier alpha value is -0.850. The van der Waals surface area contributed by atoms with E-state index >= 15 is 0 Å². The molecule has 2 aromatic heterocycles. The smallest absolute Gasteiger partial charge is 0.263 e. The predicted octanol–water partition coefficient (Wildman–Crippen LogP) is 4.49. The van der Waals surface area contributed by atoms with Gasteiger partial charge in [-0.3, -0.25) is 4.79 Å². The van der Waals surface area contributed by atoms with Crippen molar-refractivity contribution in [1.82, 2.24) is 14.9 Å². The van der Waals surface area contributed by atoms with Crippen molar-refractivity contribution in [3.8, 4) is 0 Å². The molecule has 2 rings (SSSR count). The van der Waals surface area contributed by atoms with Gasteiger partial charge in [0.25, 0.3) is 5.91 Å². The first-order valence-corrected chi connectivity index (χ1v) is 9.30. The van der Waals surface area contributed by atoms with Crippen molar-refractivity contribution < 1.29 is 4.79 Å². The average molecular weight is 358 g/mol. The molecule has 0 bridgehead atoms. The van der Waals surface area contributed by atoms with Gasteiger partial charge in [-0.25, -0.2) is 9.97 Å². The fraction of sp³-hybridized carbons (Fsp3) is 0.533. The summed E-state index contributed by atoms with van der Waals surface area (Å²) in [6.07, 6.45) is 1.11. The van der Waals surface area contributed by atoms with Gasteiger partial charge in [0.2, 0.25) is 0 Å². The summed E-state index contributed by atoms with van der Waals surface area (Å²) in [5, 5.41) is 1.91. The molecule has 0 fully saturated rings. The number of thioether (sulfide) groups is 1. The van der Waals surface area contributed by atoms with Crippen LogP contribution in [-0.4, -0.2) is 40.6 Å². The summed E-state index contributed by atoms with van der Waals surface area (Å²) in [6, 6.07) is 0. The minimum atomic E-state index is -0.0226. The van der Waals surface area contributed by atoms with Crippen LogP contribution in [-0.2, 0) is 0 Å². The van der Waals surface area contributed by atoms with Gasteiger partial charge in [-0.15, -0.1) is 11.3 Å². The zero-order valence-corrected chi connectivity index (χ0v) is 15.8. The van der Waals surface area contributed by atoms with Crippen LogP contribution in [0.2, 0.25) is 5.15 Å². The Morgan fingerprint density at radius 2 is 2.05 bits per heavy atom. The summed E-state index contributed by atoms with van der Waals surface area (Å²) in [5.41, 5.74) is 0.863. The van der Waals surface area contributed by atoms with Crippen LogP contribution in [0.3, 0.4) is 0 Å². The van der Waals surface area contributed by atoms with Crippen molar-refractivity contribution in [2.45, 2.75) is 32.3 Å². The van der Waals surface area contributed by atoms with E-state index in [1.807, 2.05) is 6.92 Å². The van der Waals surface area contributed by atoms with E-state index in [-0.39, 0.29) is 5.91 Å². The van der Waals surface area contributed by atoms with Gasteiger partial charge in [0.15, 0.2) is 5.16 Å². The summed E-state index contributed by atoms with van der Waals surface area (Å²) < 4.78 is 0. The number of thiophene rings is 1. The van der Waals surface area contributed by atoms with Crippen LogP contribution < -0.4 is 0 Å². The molecule has 4 nitrogen and oxygen atoms in total. The van der Waals surface area contributed by atoms with E-state index in [0.717, 1.165) is 28.0 Å². The molecule has 0 atom stereocenters. The van der Waals surface area contributed by atoms with E-state index < -0.39 is 0 Å². The first kappa shape index (κ1) is 17.5. The molecule has 22 heavy (non-hydrogen) atoms. The lowest BCUT2D eigenvalue weighted by atomic mass is 10.2. The Kier molecular flexibility index (Phi) is 5.69. The molecule has 2 aromatic rings. The number of halogens is 1. The molecule has 7 heteroatoms. The van der Waals surface area contributed by atoms with Gasteiger partial charge < -0.3 is 4.90 Å². The lowest BCUT2D eigenvalue weighted by molar-refractivity contribution is 0.0831.